The molecule has 7 heteroatoms. The van der Waals surface area contributed by atoms with Crippen molar-refractivity contribution in [2.75, 3.05) is 13.2 Å². The molecule has 1 aliphatic rings. The van der Waals surface area contributed by atoms with Crippen LogP contribution in [0.4, 0.5) is 0 Å². The zero-order chi connectivity index (χ0) is 11.3. The van der Waals surface area contributed by atoms with Gasteiger partial charge in [-0.15, -0.1) is 0 Å². The highest BCUT2D eigenvalue weighted by atomic mass is 16.7. The molecule has 86 valence electrons. The molecule has 7 nitrogen and oxygen atoms in total. The molecule has 0 spiro atoms. The van der Waals surface area contributed by atoms with Crippen LogP contribution in [0, 0.1) is 0 Å². The fourth-order valence-electron chi connectivity index (χ4n) is 1.54. The van der Waals surface area contributed by atoms with E-state index in [1.165, 1.54) is 0 Å². The molecular weight excluding hydrogens is 202 g/mol. The number of nitrogens with zero attached hydrogens (tertiary/aromatic N) is 3. The Morgan fingerprint density at radius 1 is 1.67 bits per heavy atom. The summed E-state index contributed by atoms with van der Waals surface area (Å²) in [5, 5.41) is 22.1. The third-order valence-corrected chi connectivity index (χ3v) is 2.27. The summed E-state index contributed by atoms with van der Waals surface area (Å²) in [4.78, 5) is 2.65. The second-order valence-electron chi connectivity index (χ2n) is 3.24. The van der Waals surface area contributed by atoms with E-state index in [-0.39, 0.29) is 6.61 Å². The Morgan fingerprint density at radius 2 is 2.40 bits per heavy atom. The molecule has 0 saturated carbocycles. The molecule has 1 rings (SSSR count). The van der Waals surface area contributed by atoms with Crippen LogP contribution in [0.3, 0.4) is 0 Å². The molecule has 1 saturated heterocycles. The zero-order valence-electron chi connectivity index (χ0n) is 8.48. The highest BCUT2D eigenvalue weighted by Gasteiger charge is 2.37. The summed E-state index contributed by atoms with van der Waals surface area (Å²) < 4.78 is 10.5. The highest BCUT2D eigenvalue weighted by molar-refractivity contribution is 4.87. The Balaban J connectivity index is 2.66. The van der Waals surface area contributed by atoms with Gasteiger partial charge in [-0.3, -0.25) is 0 Å². The van der Waals surface area contributed by atoms with Gasteiger partial charge in [0.05, 0.1) is 18.8 Å². The molecule has 0 aromatic heterocycles. The van der Waals surface area contributed by atoms with Crippen molar-refractivity contribution in [3.63, 3.8) is 0 Å². The minimum Gasteiger partial charge on any atom is -0.394 e. The maximum absolute atomic E-state index is 9.64. The van der Waals surface area contributed by atoms with E-state index in [0.717, 1.165) is 0 Å². The summed E-state index contributed by atoms with van der Waals surface area (Å²) in [6, 6.07) is -0.613. The molecule has 1 heterocycles. The fourth-order valence-corrected chi connectivity index (χ4v) is 1.54. The number of hydrogen-bond donors (Lipinski definition) is 2. The van der Waals surface area contributed by atoms with Gasteiger partial charge in [-0.1, -0.05) is 5.11 Å². The molecule has 0 radical (unpaired) electrons. The molecule has 0 aromatic rings. The van der Waals surface area contributed by atoms with Crippen LogP contribution < -0.4 is 0 Å². The zero-order valence-corrected chi connectivity index (χ0v) is 8.48. The highest BCUT2D eigenvalue weighted by Crippen LogP contribution is 2.23. The lowest BCUT2D eigenvalue weighted by atomic mass is 10.00. The predicted octanol–water partition coefficient (Wildman–Crippen LogP) is 0.170. The molecule has 2 N–H and O–H groups in total. The topological polar surface area (TPSA) is 108 Å². The van der Waals surface area contributed by atoms with Gasteiger partial charge in [-0.05, 0) is 12.5 Å². The van der Waals surface area contributed by atoms with Gasteiger partial charge >= 0.3 is 0 Å². The van der Waals surface area contributed by atoms with Crippen LogP contribution in [0.5, 0.6) is 0 Å². The van der Waals surface area contributed by atoms with Crippen molar-refractivity contribution in [1.82, 2.24) is 0 Å². The normalized spacial score (nSPS) is 35.9. The summed E-state index contributed by atoms with van der Waals surface area (Å²) in [6.45, 7) is 1.94. The number of rotatable bonds is 4. The van der Waals surface area contributed by atoms with Crippen molar-refractivity contribution >= 4 is 0 Å². The van der Waals surface area contributed by atoms with E-state index in [2.05, 4.69) is 10.0 Å². The lowest BCUT2D eigenvalue weighted by molar-refractivity contribution is -0.232. The van der Waals surface area contributed by atoms with Gasteiger partial charge < -0.3 is 19.7 Å². The smallest absolute Gasteiger partial charge is 0.158 e. The SMILES string of the molecule is CCO[C@@H]1C[C@@H](N=[N+]=[N-])[C@H](O)[C@@H](CO)O1. The Bertz CT molecular complexity index is 244. The van der Waals surface area contributed by atoms with E-state index in [1.54, 1.807) is 0 Å². The Kier molecular flexibility index (Phi) is 4.80. The first-order chi connectivity index (χ1) is 7.22. The molecule has 15 heavy (non-hydrogen) atoms. The van der Waals surface area contributed by atoms with Gasteiger partial charge in [0, 0.05) is 17.9 Å². The van der Waals surface area contributed by atoms with Crippen molar-refractivity contribution in [2.24, 2.45) is 5.11 Å². The van der Waals surface area contributed by atoms with E-state index in [0.29, 0.717) is 13.0 Å². The summed E-state index contributed by atoms with van der Waals surface area (Å²) in [6.07, 6.45) is -1.98. The minimum atomic E-state index is -0.984. The van der Waals surface area contributed by atoms with Crippen LogP contribution in [-0.4, -0.2) is 48.0 Å². The van der Waals surface area contributed by atoms with Crippen LogP contribution >= 0.6 is 0 Å². The molecular formula is C8H15N3O4. The first kappa shape index (κ1) is 12.2. The molecule has 0 amide bonds. The second-order valence-corrected chi connectivity index (χ2v) is 3.24. The van der Waals surface area contributed by atoms with E-state index in [1.807, 2.05) is 6.92 Å². The summed E-state index contributed by atoms with van der Waals surface area (Å²) >= 11 is 0. The van der Waals surface area contributed by atoms with Crippen LogP contribution in [0.1, 0.15) is 13.3 Å². The summed E-state index contributed by atoms with van der Waals surface area (Å²) in [7, 11) is 0. The average Bonchev–Trinajstić information content (AvgIpc) is 2.23. The molecule has 0 aliphatic carbocycles. The second kappa shape index (κ2) is 5.89. The molecule has 0 aromatic carbocycles. The molecule has 0 unspecified atom stereocenters. The monoisotopic (exact) mass is 217 g/mol. The van der Waals surface area contributed by atoms with Crippen molar-refractivity contribution in [1.29, 1.82) is 0 Å². The van der Waals surface area contributed by atoms with Crippen molar-refractivity contribution in [3.8, 4) is 0 Å². The van der Waals surface area contributed by atoms with Crippen LogP contribution in [-0.2, 0) is 9.47 Å². The van der Waals surface area contributed by atoms with Crippen molar-refractivity contribution in [3.05, 3.63) is 10.4 Å². The number of azide groups is 1. The van der Waals surface area contributed by atoms with E-state index in [9.17, 15) is 5.11 Å². The maximum Gasteiger partial charge on any atom is 0.158 e. The van der Waals surface area contributed by atoms with E-state index >= 15 is 0 Å². The van der Waals surface area contributed by atoms with Crippen molar-refractivity contribution < 1.29 is 19.7 Å². The van der Waals surface area contributed by atoms with Crippen molar-refractivity contribution in [2.45, 2.75) is 37.9 Å². The lowest BCUT2D eigenvalue weighted by Gasteiger charge is -2.36. The summed E-state index contributed by atoms with van der Waals surface area (Å²) in [5.41, 5.74) is 8.31. The molecule has 4 atom stereocenters. The van der Waals surface area contributed by atoms with Crippen LogP contribution in [0.25, 0.3) is 10.4 Å². The molecule has 1 aliphatic heterocycles. The maximum atomic E-state index is 9.64. The Hall–Kier alpha value is -0.850. The van der Waals surface area contributed by atoms with Gasteiger partial charge in [-0.2, -0.15) is 0 Å². The Labute approximate surface area is 87.2 Å². The van der Waals surface area contributed by atoms with Gasteiger partial charge in [0.2, 0.25) is 0 Å². The average molecular weight is 217 g/mol. The van der Waals surface area contributed by atoms with Gasteiger partial charge in [0.1, 0.15) is 6.10 Å². The number of aliphatic hydroxyl groups is 2. The van der Waals surface area contributed by atoms with Crippen LogP contribution in [0.15, 0.2) is 5.11 Å². The van der Waals surface area contributed by atoms with Gasteiger partial charge in [0.25, 0.3) is 0 Å². The first-order valence-corrected chi connectivity index (χ1v) is 4.83. The molecule has 1 fully saturated rings. The lowest BCUT2D eigenvalue weighted by Crippen LogP contribution is -2.49. The number of aliphatic hydroxyl groups excluding tert-OH is 2. The first-order valence-electron chi connectivity index (χ1n) is 4.83. The van der Waals surface area contributed by atoms with E-state index in [4.69, 9.17) is 20.1 Å². The van der Waals surface area contributed by atoms with Crippen LogP contribution in [0.2, 0.25) is 0 Å². The largest absolute Gasteiger partial charge is 0.394 e. The number of hydrogen-bond acceptors (Lipinski definition) is 5. The quantitative estimate of drug-likeness (QED) is 0.397. The van der Waals surface area contributed by atoms with Gasteiger partial charge in [-0.25, -0.2) is 0 Å². The summed E-state index contributed by atoms with van der Waals surface area (Å²) in [5.74, 6) is 0. The fraction of sp³-hybridized carbons (Fsp3) is 1.00. The standard InChI is InChI=1S/C8H15N3O4/c1-2-14-7-3-5(10-11-9)8(13)6(4-12)15-7/h5-8,12-13H,2-4H2,1H3/t5-,6-,7+,8+/m1/s1. The Morgan fingerprint density at radius 3 is 2.93 bits per heavy atom. The van der Waals surface area contributed by atoms with E-state index < -0.39 is 24.5 Å². The predicted molar refractivity (Wildman–Crippen MR) is 50.9 cm³/mol. The third kappa shape index (κ3) is 3.05. The number of ether oxygens (including phenoxy) is 2. The van der Waals surface area contributed by atoms with Gasteiger partial charge in [0.15, 0.2) is 6.29 Å². The third-order valence-electron chi connectivity index (χ3n) is 2.27. The molecule has 0 bridgehead atoms. The minimum absolute atomic E-state index is 0.301.